The van der Waals surface area contributed by atoms with E-state index in [1.165, 1.54) is 6.42 Å². The van der Waals surface area contributed by atoms with Crippen LogP contribution in [0, 0.1) is 17.3 Å². The molecule has 1 aliphatic heterocycles. The van der Waals surface area contributed by atoms with Crippen LogP contribution in [0.2, 0.25) is 0 Å². The molecule has 4 aliphatic rings. The number of ether oxygens (including phenoxy) is 2. The Bertz CT molecular complexity index is 637. The Balaban J connectivity index is 1.64. The fraction of sp³-hybridized carbons (Fsp3) is 0.706. The summed E-state index contributed by atoms with van der Waals surface area (Å²) in [6.07, 6.45) is 2.47. The summed E-state index contributed by atoms with van der Waals surface area (Å²) in [5, 5.41) is 0. The van der Waals surface area contributed by atoms with E-state index in [2.05, 4.69) is 25.8 Å². The van der Waals surface area contributed by atoms with Crippen LogP contribution in [0.3, 0.4) is 0 Å². The second-order valence-corrected chi connectivity index (χ2v) is 7.75. The molecule has 1 saturated heterocycles. The molecule has 5 rings (SSSR count). The quantitative estimate of drug-likeness (QED) is 0.799. The van der Waals surface area contributed by atoms with Gasteiger partial charge in [0.05, 0.1) is 25.9 Å². The molecule has 6 heteroatoms. The van der Waals surface area contributed by atoms with Crippen molar-refractivity contribution in [2.45, 2.75) is 45.3 Å². The number of methoxy groups -OCH3 is 2. The fourth-order valence-electron chi connectivity index (χ4n) is 4.89. The van der Waals surface area contributed by atoms with Gasteiger partial charge in [0, 0.05) is 11.5 Å². The van der Waals surface area contributed by atoms with E-state index in [4.69, 9.17) is 18.8 Å². The maximum absolute atomic E-state index is 6.46. The molecule has 0 aromatic carbocycles. The Labute approximate surface area is 137 Å². The van der Waals surface area contributed by atoms with Crippen molar-refractivity contribution in [3.05, 3.63) is 12.1 Å². The zero-order chi connectivity index (χ0) is 16.4. The van der Waals surface area contributed by atoms with Gasteiger partial charge in [-0.2, -0.15) is 4.98 Å². The summed E-state index contributed by atoms with van der Waals surface area (Å²) in [6, 6.07) is 3.74. The topological polar surface area (TPSA) is 49.8 Å². The van der Waals surface area contributed by atoms with Crippen LogP contribution in [0.15, 0.2) is 12.1 Å². The minimum Gasteiger partial charge on any atom is -0.481 e. The fourth-order valence-corrected chi connectivity index (χ4v) is 4.89. The number of rotatable bonds is 3. The highest BCUT2D eigenvalue weighted by Gasteiger charge is 2.68. The van der Waals surface area contributed by atoms with Gasteiger partial charge in [-0.25, -0.2) is 0 Å². The van der Waals surface area contributed by atoms with E-state index >= 15 is 0 Å². The van der Waals surface area contributed by atoms with Crippen LogP contribution >= 0.6 is 0 Å². The van der Waals surface area contributed by atoms with Crippen molar-refractivity contribution < 1.29 is 18.8 Å². The summed E-state index contributed by atoms with van der Waals surface area (Å²) in [7, 11) is 2.78. The second kappa shape index (κ2) is 4.87. The normalized spacial score (nSPS) is 37.1. The lowest BCUT2D eigenvalue weighted by Gasteiger charge is -2.64. The van der Waals surface area contributed by atoms with E-state index < -0.39 is 7.12 Å². The van der Waals surface area contributed by atoms with Crippen molar-refractivity contribution in [1.29, 1.82) is 0 Å². The minimum atomic E-state index is -0.423. The Morgan fingerprint density at radius 1 is 1.17 bits per heavy atom. The maximum Gasteiger partial charge on any atom is 0.500 e. The molecule has 4 atom stereocenters. The summed E-state index contributed by atoms with van der Waals surface area (Å²) < 4.78 is 23.3. The maximum atomic E-state index is 6.46. The molecule has 4 fully saturated rings. The first-order chi connectivity index (χ1) is 10.9. The zero-order valence-electron chi connectivity index (χ0n) is 14.5. The highest BCUT2D eigenvalue weighted by molar-refractivity contribution is 6.63. The van der Waals surface area contributed by atoms with Gasteiger partial charge in [-0.3, -0.25) is 0 Å². The molecule has 0 radical (unpaired) electrons. The first-order valence-electron chi connectivity index (χ1n) is 8.32. The monoisotopic (exact) mass is 317 g/mol. The Morgan fingerprint density at radius 2 is 1.96 bits per heavy atom. The third-order valence-electron chi connectivity index (χ3n) is 6.47. The third-order valence-corrected chi connectivity index (χ3v) is 6.47. The molecule has 2 bridgehead atoms. The van der Waals surface area contributed by atoms with Gasteiger partial charge in [0.1, 0.15) is 0 Å². The van der Waals surface area contributed by atoms with Crippen LogP contribution in [0.25, 0.3) is 0 Å². The van der Waals surface area contributed by atoms with Crippen LogP contribution in [0.5, 0.6) is 11.8 Å². The van der Waals surface area contributed by atoms with Gasteiger partial charge in [0.2, 0.25) is 11.8 Å². The van der Waals surface area contributed by atoms with Crippen molar-refractivity contribution in [3.8, 4) is 11.8 Å². The largest absolute Gasteiger partial charge is 0.500 e. The summed E-state index contributed by atoms with van der Waals surface area (Å²) in [5.41, 5.74) is 0.943. The van der Waals surface area contributed by atoms with Gasteiger partial charge in [-0.05, 0) is 37.0 Å². The van der Waals surface area contributed by atoms with Crippen LogP contribution in [0.4, 0.5) is 0 Å². The lowest BCUT2D eigenvalue weighted by atomic mass is 9.43. The molecule has 3 aliphatic carbocycles. The number of hydrogen-bond acceptors (Lipinski definition) is 5. The van der Waals surface area contributed by atoms with Crippen LogP contribution in [0.1, 0.15) is 33.6 Å². The van der Waals surface area contributed by atoms with E-state index in [1.54, 1.807) is 14.2 Å². The zero-order valence-corrected chi connectivity index (χ0v) is 14.5. The highest BCUT2D eigenvalue weighted by Crippen LogP contribution is 2.65. The van der Waals surface area contributed by atoms with Crippen LogP contribution in [-0.2, 0) is 9.31 Å². The predicted octanol–water partition coefficient (Wildman–Crippen LogP) is 2.03. The highest BCUT2D eigenvalue weighted by atomic mass is 16.7. The van der Waals surface area contributed by atoms with E-state index in [0.29, 0.717) is 23.1 Å². The number of pyridine rings is 1. The van der Waals surface area contributed by atoms with Gasteiger partial charge in [-0.1, -0.05) is 19.9 Å². The SMILES string of the molecule is COc1ccc(B2O[C@@H]3C[C@@H]4C[C@@H](C4(C)C)[C@]3(C)O2)c(OC)n1. The molecule has 124 valence electrons. The van der Waals surface area contributed by atoms with Crippen molar-refractivity contribution >= 4 is 12.6 Å². The average molecular weight is 317 g/mol. The van der Waals surface area contributed by atoms with Crippen molar-refractivity contribution in [2.75, 3.05) is 14.2 Å². The Morgan fingerprint density at radius 3 is 2.61 bits per heavy atom. The summed E-state index contributed by atoms with van der Waals surface area (Å²) >= 11 is 0. The Hall–Kier alpha value is -1.27. The molecule has 2 heterocycles. The lowest BCUT2D eigenvalue weighted by Crippen LogP contribution is -2.65. The van der Waals surface area contributed by atoms with E-state index in [9.17, 15) is 0 Å². The minimum absolute atomic E-state index is 0.149. The molecule has 23 heavy (non-hydrogen) atoms. The first-order valence-corrected chi connectivity index (χ1v) is 8.32. The van der Waals surface area contributed by atoms with E-state index in [1.807, 2.05) is 12.1 Å². The number of hydrogen-bond donors (Lipinski definition) is 0. The van der Waals surface area contributed by atoms with E-state index in [0.717, 1.165) is 17.8 Å². The molecule has 0 amide bonds. The molecular weight excluding hydrogens is 293 g/mol. The van der Waals surface area contributed by atoms with Crippen molar-refractivity contribution in [3.63, 3.8) is 0 Å². The average Bonchev–Trinajstić information content (AvgIpc) is 2.90. The predicted molar refractivity (Wildman–Crippen MR) is 87.1 cm³/mol. The molecule has 5 nitrogen and oxygen atoms in total. The van der Waals surface area contributed by atoms with Crippen LogP contribution in [-0.4, -0.2) is 38.0 Å². The summed E-state index contributed by atoms with van der Waals surface area (Å²) in [4.78, 5) is 4.35. The van der Waals surface area contributed by atoms with Gasteiger partial charge in [0.25, 0.3) is 0 Å². The molecule has 0 spiro atoms. The Kier molecular flexibility index (Phi) is 3.23. The molecule has 1 aromatic heterocycles. The van der Waals surface area contributed by atoms with Crippen LogP contribution < -0.4 is 14.9 Å². The molecule has 0 N–H and O–H groups in total. The third kappa shape index (κ3) is 1.97. The van der Waals surface area contributed by atoms with E-state index in [-0.39, 0.29) is 11.7 Å². The molecule has 3 saturated carbocycles. The second-order valence-electron chi connectivity index (χ2n) is 7.75. The first kappa shape index (κ1) is 15.3. The smallest absolute Gasteiger partial charge is 0.481 e. The van der Waals surface area contributed by atoms with Gasteiger partial charge in [-0.15, -0.1) is 0 Å². The van der Waals surface area contributed by atoms with Crippen molar-refractivity contribution in [1.82, 2.24) is 4.98 Å². The van der Waals surface area contributed by atoms with Gasteiger partial charge < -0.3 is 18.8 Å². The summed E-state index contributed by atoms with van der Waals surface area (Å²) in [5.74, 6) is 2.31. The number of aromatic nitrogens is 1. The molecule has 0 unspecified atom stereocenters. The van der Waals surface area contributed by atoms with Gasteiger partial charge >= 0.3 is 7.12 Å². The standard InChI is InChI=1S/C17H24BNO4/c1-16(2)10-8-12(16)17(3)13(9-10)22-18(23-17)11-6-7-14(20-4)19-15(11)21-5/h6-7,10,12-13H,8-9H2,1-5H3/t10-,12-,13+,17-/m0/s1. The molecule has 1 aromatic rings. The van der Waals surface area contributed by atoms with Gasteiger partial charge in [0.15, 0.2) is 0 Å². The summed E-state index contributed by atoms with van der Waals surface area (Å²) in [6.45, 7) is 6.93. The number of nitrogens with zero attached hydrogens (tertiary/aromatic N) is 1. The lowest BCUT2D eigenvalue weighted by molar-refractivity contribution is -0.199. The van der Waals surface area contributed by atoms with Crippen molar-refractivity contribution in [2.24, 2.45) is 17.3 Å². The molecular formula is C17H24BNO4.